The molecule has 1 aliphatic heterocycles. The lowest BCUT2D eigenvalue weighted by Crippen LogP contribution is -2.39. The molecule has 7 heteroatoms. The van der Waals surface area contributed by atoms with Gasteiger partial charge in [-0.1, -0.05) is 30.3 Å². The lowest BCUT2D eigenvalue weighted by molar-refractivity contribution is -0.130. The van der Waals surface area contributed by atoms with E-state index in [1.165, 1.54) is 12.1 Å². The lowest BCUT2D eigenvalue weighted by atomic mass is 10.1. The standard InChI is InChI=1S/C21H23N3O4/c1-14-17(21(27)28)8-9-18(22-14)20(26)23-16-11-12-24(13-16)19(25)10-7-15-5-3-2-4-6-15/h2-6,8-9,16H,7,10-13H2,1H3,(H,23,26)(H,27,28). The Balaban J connectivity index is 1.51. The average molecular weight is 381 g/mol. The summed E-state index contributed by atoms with van der Waals surface area (Å²) < 4.78 is 0. The molecule has 1 aliphatic rings. The smallest absolute Gasteiger partial charge is 0.337 e. The molecule has 7 nitrogen and oxygen atoms in total. The van der Waals surface area contributed by atoms with E-state index < -0.39 is 5.97 Å². The minimum absolute atomic E-state index is 0.0765. The molecule has 28 heavy (non-hydrogen) atoms. The number of nitrogens with zero attached hydrogens (tertiary/aromatic N) is 2. The van der Waals surface area contributed by atoms with E-state index in [1.807, 2.05) is 30.3 Å². The Kier molecular flexibility index (Phi) is 6.03. The molecule has 1 unspecified atom stereocenters. The van der Waals surface area contributed by atoms with Gasteiger partial charge in [-0.2, -0.15) is 0 Å². The van der Waals surface area contributed by atoms with Crippen molar-refractivity contribution in [3.05, 3.63) is 65.0 Å². The van der Waals surface area contributed by atoms with Crippen LogP contribution < -0.4 is 5.32 Å². The van der Waals surface area contributed by atoms with Crippen molar-refractivity contribution in [1.29, 1.82) is 0 Å². The average Bonchev–Trinajstić information content (AvgIpc) is 3.15. The highest BCUT2D eigenvalue weighted by atomic mass is 16.4. The van der Waals surface area contributed by atoms with Gasteiger partial charge in [0.05, 0.1) is 11.3 Å². The molecular formula is C21H23N3O4. The zero-order valence-electron chi connectivity index (χ0n) is 15.7. The third-order valence-electron chi connectivity index (χ3n) is 4.90. The molecule has 0 saturated carbocycles. The molecule has 0 bridgehead atoms. The van der Waals surface area contributed by atoms with Crippen LogP contribution in [0, 0.1) is 6.92 Å². The topological polar surface area (TPSA) is 99.6 Å². The summed E-state index contributed by atoms with van der Waals surface area (Å²) in [6, 6.07) is 12.5. The number of carbonyl (C=O) groups excluding carboxylic acids is 2. The second-order valence-electron chi connectivity index (χ2n) is 6.92. The number of hydrogen-bond donors (Lipinski definition) is 2. The van der Waals surface area contributed by atoms with Gasteiger partial charge in [-0.05, 0) is 37.5 Å². The van der Waals surface area contributed by atoms with Gasteiger partial charge >= 0.3 is 5.97 Å². The Morgan fingerprint density at radius 2 is 1.93 bits per heavy atom. The first-order chi connectivity index (χ1) is 13.4. The normalized spacial score (nSPS) is 16.0. The zero-order valence-corrected chi connectivity index (χ0v) is 15.7. The van der Waals surface area contributed by atoms with Crippen molar-refractivity contribution < 1.29 is 19.5 Å². The number of carbonyl (C=O) groups is 3. The summed E-state index contributed by atoms with van der Waals surface area (Å²) in [7, 11) is 0. The molecule has 1 atom stereocenters. The van der Waals surface area contributed by atoms with E-state index in [-0.39, 0.29) is 29.1 Å². The third-order valence-corrected chi connectivity index (χ3v) is 4.90. The fourth-order valence-corrected chi connectivity index (χ4v) is 3.33. The number of carboxylic acid groups (broad SMARTS) is 1. The van der Waals surface area contributed by atoms with Gasteiger partial charge in [0.2, 0.25) is 5.91 Å². The molecule has 1 aromatic heterocycles. The van der Waals surface area contributed by atoms with E-state index in [4.69, 9.17) is 5.11 Å². The molecule has 2 heterocycles. The predicted octanol–water partition coefficient (Wildman–Crippen LogP) is 2.05. The van der Waals surface area contributed by atoms with Crippen LogP contribution in [0.2, 0.25) is 0 Å². The second kappa shape index (κ2) is 8.65. The molecule has 3 rings (SSSR count). The lowest BCUT2D eigenvalue weighted by Gasteiger charge is -2.17. The first-order valence-electron chi connectivity index (χ1n) is 9.27. The van der Waals surface area contributed by atoms with Crippen LogP contribution in [0.3, 0.4) is 0 Å². The second-order valence-corrected chi connectivity index (χ2v) is 6.92. The van der Waals surface area contributed by atoms with Crippen LogP contribution in [-0.2, 0) is 11.2 Å². The van der Waals surface area contributed by atoms with Gasteiger partial charge in [0, 0.05) is 25.6 Å². The number of aryl methyl sites for hydroxylation is 2. The van der Waals surface area contributed by atoms with E-state index in [2.05, 4.69) is 10.3 Å². The number of amides is 2. The SMILES string of the molecule is Cc1nc(C(=O)NC2CCN(C(=O)CCc3ccccc3)C2)ccc1C(=O)O. The fourth-order valence-electron chi connectivity index (χ4n) is 3.33. The molecule has 1 fully saturated rings. The van der Waals surface area contributed by atoms with Crippen LogP contribution in [-0.4, -0.2) is 51.9 Å². The molecule has 0 aliphatic carbocycles. The van der Waals surface area contributed by atoms with Gasteiger partial charge < -0.3 is 15.3 Å². The number of aromatic carboxylic acids is 1. The zero-order chi connectivity index (χ0) is 20.1. The van der Waals surface area contributed by atoms with Gasteiger partial charge in [-0.3, -0.25) is 9.59 Å². The predicted molar refractivity (Wildman–Crippen MR) is 103 cm³/mol. The van der Waals surface area contributed by atoms with Gasteiger partial charge in [0.25, 0.3) is 5.91 Å². The Morgan fingerprint density at radius 1 is 1.18 bits per heavy atom. The molecule has 1 aromatic carbocycles. The quantitative estimate of drug-likeness (QED) is 0.798. The van der Waals surface area contributed by atoms with E-state index in [9.17, 15) is 14.4 Å². The van der Waals surface area contributed by atoms with Crippen molar-refractivity contribution in [3.8, 4) is 0 Å². The summed E-state index contributed by atoms with van der Waals surface area (Å²) >= 11 is 0. The molecule has 0 radical (unpaired) electrons. The maximum atomic E-state index is 12.4. The monoisotopic (exact) mass is 381 g/mol. The molecule has 2 aromatic rings. The van der Waals surface area contributed by atoms with E-state index in [0.717, 1.165) is 5.56 Å². The van der Waals surface area contributed by atoms with Gasteiger partial charge in [0.1, 0.15) is 5.69 Å². The Bertz CT molecular complexity index is 882. The van der Waals surface area contributed by atoms with Crippen LogP contribution >= 0.6 is 0 Å². The largest absolute Gasteiger partial charge is 0.478 e. The summed E-state index contributed by atoms with van der Waals surface area (Å²) in [6.07, 6.45) is 1.84. The summed E-state index contributed by atoms with van der Waals surface area (Å²) in [5.41, 5.74) is 1.68. The van der Waals surface area contributed by atoms with Crippen molar-refractivity contribution in [2.24, 2.45) is 0 Å². The van der Waals surface area contributed by atoms with Crippen LogP contribution in [0.4, 0.5) is 0 Å². The molecule has 1 saturated heterocycles. The molecule has 0 spiro atoms. The summed E-state index contributed by atoms with van der Waals surface area (Å²) in [4.78, 5) is 41.7. The molecule has 2 N–H and O–H groups in total. The van der Waals surface area contributed by atoms with Crippen molar-refractivity contribution in [2.45, 2.75) is 32.2 Å². The number of pyridine rings is 1. The maximum Gasteiger partial charge on any atom is 0.337 e. The molecule has 146 valence electrons. The minimum atomic E-state index is -1.07. The van der Waals surface area contributed by atoms with Gasteiger partial charge in [-0.15, -0.1) is 0 Å². The number of benzene rings is 1. The van der Waals surface area contributed by atoms with E-state index >= 15 is 0 Å². The number of likely N-dealkylation sites (tertiary alicyclic amines) is 1. The van der Waals surface area contributed by atoms with E-state index in [0.29, 0.717) is 38.0 Å². The number of hydrogen-bond acceptors (Lipinski definition) is 4. The summed E-state index contributed by atoms with van der Waals surface area (Å²) in [6.45, 7) is 2.65. The molecule has 2 amide bonds. The fraction of sp³-hybridized carbons (Fsp3) is 0.333. The Hall–Kier alpha value is -3.22. The van der Waals surface area contributed by atoms with Crippen molar-refractivity contribution in [3.63, 3.8) is 0 Å². The van der Waals surface area contributed by atoms with Gasteiger partial charge in [-0.25, -0.2) is 9.78 Å². The van der Waals surface area contributed by atoms with Crippen LogP contribution in [0.1, 0.15) is 44.9 Å². The summed E-state index contributed by atoms with van der Waals surface area (Å²) in [5.74, 6) is -1.35. The van der Waals surface area contributed by atoms with Crippen molar-refractivity contribution in [1.82, 2.24) is 15.2 Å². The van der Waals surface area contributed by atoms with Crippen molar-refractivity contribution >= 4 is 17.8 Å². The highest BCUT2D eigenvalue weighted by Crippen LogP contribution is 2.14. The highest BCUT2D eigenvalue weighted by Gasteiger charge is 2.27. The third kappa shape index (κ3) is 4.73. The number of nitrogens with one attached hydrogen (secondary N) is 1. The summed E-state index contributed by atoms with van der Waals surface area (Å²) in [5, 5.41) is 11.9. The minimum Gasteiger partial charge on any atom is -0.478 e. The van der Waals surface area contributed by atoms with Crippen LogP contribution in [0.15, 0.2) is 42.5 Å². The van der Waals surface area contributed by atoms with E-state index in [1.54, 1.807) is 11.8 Å². The number of rotatable bonds is 6. The van der Waals surface area contributed by atoms with Crippen LogP contribution in [0.5, 0.6) is 0 Å². The number of aromatic nitrogens is 1. The molecular weight excluding hydrogens is 358 g/mol. The maximum absolute atomic E-state index is 12.4. The first-order valence-corrected chi connectivity index (χ1v) is 9.27. The highest BCUT2D eigenvalue weighted by molar-refractivity contribution is 5.94. The van der Waals surface area contributed by atoms with Crippen molar-refractivity contribution in [2.75, 3.05) is 13.1 Å². The van der Waals surface area contributed by atoms with Gasteiger partial charge in [0.15, 0.2) is 0 Å². The Labute approximate surface area is 163 Å². The van der Waals surface area contributed by atoms with Crippen LogP contribution in [0.25, 0.3) is 0 Å². The Morgan fingerprint density at radius 3 is 2.61 bits per heavy atom. The number of carboxylic acids is 1. The first kappa shape index (κ1) is 19.5.